The molecule has 5 aliphatic carbocycles. The molecule has 0 aromatic carbocycles. The molecule has 0 unspecified atom stereocenters. The first-order chi connectivity index (χ1) is 22.8. The zero-order valence-electron chi connectivity index (χ0n) is 30.3. The van der Waals surface area contributed by atoms with Crippen LogP contribution in [0.3, 0.4) is 0 Å². The van der Waals surface area contributed by atoms with E-state index in [0.29, 0.717) is 19.3 Å². The van der Waals surface area contributed by atoms with Crippen molar-refractivity contribution in [3.63, 3.8) is 0 Å². The van der Waals surface area contributed by atoms with Gasteiger partial charge in [-0.15, -0.1) is 0 Å². The minimum absolute atomic E-state index is 0.0281. The summed E-state index contributed by atoms with van der Waals surface area (Å²) in [6, 6.07) is -0.291. The van der Waals surface area contributed by atoms with Gasteiger partial charge in [-0.05, 0) is 131 Å². The van der Waals surface area contributed by atoms with Gasteiger partial charge in [0.15, 0.2) is 23.9 Å². The molecule has 2 aromatic heterocycles. The van der Waals surface area contributed by atoms with Gasteiger partial charge in [0.05, 0.1) is 23.1 Å². The second kappa shape index (κ2) is 10.8. The maximum atomic E-state index is 14.9. The third kappa shape index (κ3) is 4.60. The van der Waals surface area contributed by atoms with Crippen LogP contribution >= 0.6 is 0 Å². The van der Waals surface area contributed by atoms with E-state index >= 15 is 0 Å². The second-order valence-corrected chi connectivity index (χ2v) is 17.9. The quantitative estimate of drug-likeness (QED) is 0.321. The SMILES string of the molecule is Cc1cnn([C@H]2CC[C@@]3(C)[C@@H](CC[C@]4(C)[C@@H]3C(=O)C=C3[C@@H]5C[C@@](C)(C(=O)O)CC[C@]5(C)CC[C@]34C)[C@]2(C)C(=O)OCc2oc(=O)oc2C)c1. The lowest BCUT2D eigenvalue weighted by molar-refractivity contribution is -0.209. The molecule has 2 heterocycles. The van der Waals surface area contributed by atoms with Crippen molar-refractivity contribution in [2.75, 3.05) is 0 Å². The molecule has 10 heteroatoms. The van der Waals surface area contributed by atoms with Gasteiger partial charge in [0, 0.05) is 12.1 Å². The number of carbonyl (C=O) groups excluding carboxylic acids is 2. The predicted molar refractivity (Wildman–Crippen MR) is 179 cm³/mol. The summed E-state index contributed by atoms with van der Waals surface area (Å²) >= 11 is 0. The molecule has 0 bridgehead atoms. The van der Waals surface area contributed by atoms with Crippen LogP contribution in [0.2, 0.25) is 0 Å². The molecule has 2 aromatic rings. The maximum absolute atomic E-state index is 14.9. The minimum atomic E-state index is -1.03. The Morgan fingerprint density at radius 3 is 2.33 bits per heavy atom. The van der Waals surface area contributed by atoms with Crippen molar-refractivity contribution in [2.45, 2.75) is 126 Å². The summed E-state index contributed by atoms with van der Waals surface area (Å²) in [5, 5.41) is 14.9. The van der Waals surface area contributed by atoms with E-state index in [1.54, 1.807) is 13.1 Å². The van der Waals surface area contributed by atoms with E-state index in [0.717, 1.165) is 44.1 Å². The third-order valence-corrected chi connectivity index (χ3v) is 15.4. The van der Waals surface area contributed by atoms with Crippen LogP contribution in [0, 0.1) is 64.1 Å². The van der Waals surface area contributed by atoms with Crippen LogP contribution in [0.25, 0.3) is 0 Å². The number of hydrogen-bond donors (Lipinski definition) is 1. The lowest BCUT2D eigenvalue weighted by Crippen LogP contribution is -2.67. The number of aliphatic carboxylic acids is 1. The van der Waals surface area contributed by atoms with Crippen molar-refractivity contribution in [2.24, 2.45) is 50.2 Å². The lowest BCUT2D eigenvalue weighted by atomic mass is 9.33. The number of carbonyl (C=O) groups is 3. The molecule has 0 radical (unpaired) electrons. The molecule has 1 N–H and O–H groups in total. The minimum Gasteiger partial charge on any atom is -0.481 e. The average molecular weight is 677 g/mol. The van der Waals surface area contributed by atoms with Crippen molar-refractivity contribution in [3.8, 4) is 0 Å². The molecule has 10 atom stereocenters. The Kier molecular flexibility index (Phi) is 7.49. The maximum Gasteiger partial charge on any atom is 0.519 e. The van der Waals surface area contributed by atoms with Crippen LogP contribution in [0.15, 0.2) is 37.7 Å². The molecule has 4 fully saturated rings. The Morgan fingerprint density at radius 2 is 1.69 bits per heavy atom. The number of nitrogens with zero attached hydrogens (tertiary/aromatic N) is 2. The van der Waals surface area contributed by atoms with Crippen LogP contribution in [-0.4, -0.2) is 32.6 Å². The number of carboxylic acid groups (broad SMARTS) is 1. The van der Waals surface area contributed by atoms with Gasteiger partial charge in [0.1, 0.15) is 0 Å². The second-order valence-electron chi connectivity index (χ2n) is 17.9. The Hall–Kier alpha value is -3.43. The van der Waals surface area contributed by atoms with Crippen molar-refractivity contribution in [3.05, 3.63) is 51.7 Å². The van der Waals surface area contributed by atoms with Crippen molar-refractivity contribution in [1.29, 1.82) is 0 Å². The summed E-state index contributed by atoms with van der Waals surface area (Å²) in [5.41, 5.74) is -0.861. The lowest BCUT2D eigenvalue weighted by Gasteiger charge is -2.70. The van der Waals surface area contributed by atoms with Gasteiger partial charge >= 0.3 is 17.8 Å². The number of esters is 1. The smallest absolute Gasteiger partial charge is 0.481 e. The third-order valence-electron chi connectivity index (χ3n) is 15.4. The Morgan fingerprint density at radius 1 is 0.980 bits per heavy atom. The van der Waals surface area contributed by atoms with Crippen LogP contribution in [0.4, 0.5) is 0 Å². The molecule has 0 amide bonds. The summed E-state index contributed by atoms with van der Waals surface area (Å²) in [7, 11) is 0. The number of ether oxygens (including phenoxy) is 1. The average Bonchev–Trinajstić information content (AvgIpc) is 3.60. The Bertz CT molecular complexity index is 1820. The number of rotatable bonds is 5. The van der Waals surface area contributed by atoms with Gasteiger partial charge in [-0.3, -0.25) is 19.1 Å². The summed E-state index contributed by atoms with van der Waals surface area (Å²) in [6.45, 7) is 16.4. The first kappa shape index (κ1) is 34.0. The summed E-state index contributed by atoms with van der Waals surface area (Å²) in [5.74, 6) is -1.87. The van der Waals surface area contributed by atoms with Crippen molar-refractivity contribution >= 4 is 17.7 Å². The van der Waals surface area contributed by atoms with Crippen LogP contribution in [0.1, 0.15) is 122 Å². The number of allylic oxidation sites excluding steroid dienone is 2. The molecule has 0 spiro atoms. The summed E-state index contributed by atoms with van der Waals surface area (Å²) in [4.78, 5) is 53.6. The standard InChI is InChI=1S/C39H52N2O8/c1-22-19-40-41(20-22)29-10-11-36(5)28(39(29,8)32(45)47-21-27-23(2)48-33(46)49-27)9-12-38(7)30(36)26(42)17-24-25-18-35(4,31(43)44)14-13-34(25,3)15-16-37(24,38)6/h17,19-20,25,28-30H,9-16,18,21H2,1-8H3,(H,43,44)/t25-,28+,29-,30+,34+,35-,36-,37+,38+,39-/m0/s1. The van der Waals surface area contributed by atoms with Crippen LogP contribution in [-0.2, 0) is 25.7 Å². The molecule has 0 aliphatic heterocycles. The van der Waals surface area contributed by atoms with E-state index in [9.17, 15) is 24.3 Å². The van der Waals surface area contributed by atoms with Gasteiger partial charge in [-0.25, -0.2) is 4.79 Å². The van der Waals surface area contributed by atoms with E-state index in [2.05, 4.69) is 32.8 Å². The zero-order chi connectivity index (χ0) is 35.5. The van der Waals surface area contributed by atoms with E-state index in [1.165, 1.54) is 5.57 Å². The summed E-state index contributed by atoms with van der Waals surface area (Å²) in [6.07, 6.45) is 12.6. The van der Waals surface area contributed by atoms with Gasteiger partial charge < -0.3 is 18.7 Å². The Labute approximate surface area is 288 Å². The molecule has 266 valence electrons. The fourth-order valence-electron chi connectivity index (χ4n) is 12.1. The molecule has 49 heavy (non-hydrogen) atoms. The van der Waals surface area contributed by atoms with E-state index in [4.69, 9.17) is 13.6 Å². The highest BCUT2D eigenvalue weighted by molar-refractivity contribution is 5.96. The molecular weight excluding hydrogens is 624 g/mol. The van der Waals surface area contributed by atoms with Gasteiger partial charge in [-0.2, -0.15) is 5.10 Å². The van der Waals surface area contributed by atoms with Gasteiger partial charge in [-0.1, -0.05) is 33.3 Å². The Balaban J connectivity index is 1.29. The number of ketones is 1. The number of aromatic nitrogens is 2. The molecule has 5 aliphatic rings. The molecule has 4 saturated carbocycles. The molecule has 10 nitrogen and oxygen atoms in total. The number of aryl methyl sites for hydroxylation is 2. The van der Waals surface area contributed by atoms with E-state index in [-0.39, 0.29) is 64.0 Å². The summed E-state index contributed by atoms with van der Waals surface area (Å²) < 4.78 is 18.1. The fourth-order valence-corrected chi connectivity index (χ4v) is 12.1. The normalized spacial score (nSPS) is 43.0. The van der Waals surface area contributed by atoms with E-state index in [1.807, 2.05) is 37.7 Å². The van der Waals surface area contributed by atoms with Gasteiger partial charge in [0.2, 0.25) is 0 Å². The van der Waals surface area contributed by atoms with Crippen molar-refractivity contribution < 1.29 is 33.1 Å². The topological polar surface area (TPSA) is 142 Å². The zero-order valence-corrected chi connectivity index (χ0v) is 30.3. The highest BCUT2D eigenvalue weighted by atomic mass is 16.6. The van der Waals surface area contributed by atoms with Crippen molar-refractivity contribution in [1.82, 2.24) is 9.78 Å². The van der Waals surface area contributed by atoms with Crippen LogP contribution in [0.5, 0.6) is 0 Å². The largest absolute Gasteiger partial charge is 0.519 e. The molecule has 0 saturated heterocycles. The first-order valence-corrected chi connectivity index (χ1v) is 18.1. The van der Waals surface area contributed by atoms with E-state index < -0.39 is 34.0 Å². The number of hydrogen-bond acceptors (Lipinski definition) is 8. The molecular formula is C39H52N2O8. The fraction of sp³-hybridized carbons (Fsp3) is 0.718. The van der Waals surface area contributed by atoms with Gasteiger partial charge in [0.25, 0.3) is 0 Å². The molecule has 7 rings (SSSR count). The monoisotopic (exact) mass is 676 g/mol. The highest BCUT2D eigenvalue weighted by Crippen LogP contribution is 2.76. The predicted octanol–water partition coefficient (Wildman–Crippen LogP) is 7.38. The highest BCUT2D eigenvalue weighted by Gasteiger charge is 2.72. The van der Waals surface area contributed by atoms with Crippen LogP contribution < -0.4 is 5.82 Å². The number of fused-ring (bicyclic) bond motifs is 7. The number of carboxylic acids is 1. The first-order valence-electron chi connectivity index (χ1n) is 18.1.